The maximum absolute atomic E-state index is 11.7. The summed E-state index contributed by atoms with van der Waals surface area (Å²) in [6, 6.07) is 0.414. The molecule has 2 aliphatic rings. The number of esters is 1. The molecule has 1 heterocycles. The van der Waals surface area contributed by atoms with Crippen molar-refractivity contribution < 1.29 is 14.3 Å². The van der Waals surface area contributed by atoms with E-state index in [4.69, 9.17) is 4.74 Å². The third-order valence-electron chi connectivity index (χ3n) is 3.22. The summed E-state index contributed by atoms with van der Waals surface area (Å²) >= 11 is 0. The van der Waals surface area contributed by atoms with E-state index in [2.05, 4.69) is 5.32 Å². The fraction of sp³-hybridized carbons (Fsp3) is 0.818. The molecule has 1 saturated carbocycles. The number of likely N-dealkylation sites (tertiary alicyclic amines) is 1. The Morgan fingerprint density at radius 1 is 1.19 bits per heavy atom. The number of hydrogen-bond acceptors (Lipinski definition) is 3. The largest absolute Gasteiger partial charge is 0.469 e. The summed E-state index contributed by atoms with van der Waals surface area (Å²) in [6.45, 7) is 1.30. The number of methoxy groups -OCH3 is 1. The van der Waals surface area contributed by atoms with Crippen LogP contribution in [0.2, 0.25) is 0 Å². The second-order valence-electron chi connectivity index (χ2n) is 4.51. The van der Waals surface area contributed by atoms with Crippen LogP contribution in [0.1, 0.15) is 25.7 Å². The Kier molecular flexibility index (Phi) is 3.31. The number of hydrogen-bond donors (Lipinski definition) is 1. The average molecular weight is 226 g/mol. The van der Waals surface area contributed by atoms with Gasteiger partial charge in [-0.05, 0) is 25.7 Å². The highest BCUT2D eigenvalue weighted by atomic mass is 16.5. The van der Waals surface area contributed by atoms with Crippen LogP contribution in [0.5, 0.6) is 0 Å². The molecule has 0 spiro atoms. The fourth-order valence-electron chi connectivity index (χ4n) is 1.98. The molecule has 16 heavy (non-hydrogen) atoms. The molecule has 1 N–H and O–H groups in total. The normalized spacial score (nSPS) is 21.7. The van der Waals surface area contributed by atoms with E-state index in [1.54, 1.807) is 4.90 Å². The van der Waals surface area contributed by atoms with Crippen LogP contribution in [0, 0.1) is 5.92 Å². The highest BCUT2D eigenvalue weighted by Crippen LogP contribution is 2.21. The van der Waals surface area contributed by atoms with E-state index in [0.717, 1.165) is 12.8 Å². The van der Waals surface area contributed by atoms with Gasteiger partial charge in [0.15, 0.2) is 0 Å². The van der Waals surface area contributed by atoms with Gasteiger partial charge in [-0.2, -0.15) is 0 Å². The average Bonchev–Trinajstić information content (AvgIpc) is 3.12. The van der Waals surface area contributed by atoms with Gasteiger partial charge in [0.25, 0.3) is 0 Å². The van der Waals surface area contributed by atoms with Gasteiger partial charge in [-0.3, -0.25) is 4.79 Å². The summed E-state index contributed by atoms with van der Waals surface area (Å²) in [4.78, 5) is 24.8. The molecule has 0 aromatic heterocycles. The summed E-state index contributed by atoms with van der Waals surface area (Å²) in [5, 5.41) is 2.95. The van der Waals surface area contributed by atoms with Gasteiger partial charge in [-0.15, -0.1) is 0 Å². The Balaban J connectivity index is 1.75. The standard InChI is InChI=1S/C11H18N2O3/c1-16-10(14)8-4-6-13(7-5-8)11(15)12-9-2-3-9/h8-9H,2-7H2,1H3,(H,12,15). The van der Waals surface area contributed by atoms with Crippen molar-refractivity contribution in [1.29, 1.82) is 0 Å². The Morgan fingerprint density at radius 2 is 1.81 bits per heavy atom. The van der Waals surface area contributed by atoms with Gasteiger partial charge in [-0.25, -0.2) is 4.79 Å². The molecule has 2 rings (SSSR count). The number of rotatable bonds is 2. The molecule has 2 amide bonds. The van der Waals surface area contributed by atoms with Crippen molar-refractivity contribution in [1.82, 2.24) is 10.2 Å². The van der Waals surface area contributed by atoms with Crippen LogP contribution in [-0.2, 0) is 9.53 Å². The third-order valence-corrected chi connectivity index (χ3v) is 3.22. The smallest absolute Gasteiger partial charge is 0.317 e. The molecule has 2 fully saturated rings. The molecule has 1 aliphatic heterocycles. The second-order valence-corrected chi connectivity index (χ2v) is 4.51. The lowest BCUT2D eigenvalue weighted by Gasteiger charge is -2.30. The minimum absolute atomic E-state index is 0.0193. The first-order valence-corrected chi connectivity index (χ1v) is 5.84. The van der Waals surface area contributed by atoms with Gasteiger partial charge in [-0.1, -0.05) is 0 Å². The zero-order valence-electron chi connectivity index (χ0n) is 9.57. The lowest BCUT2D eigenvalue weighted by Crippen LogP contribution is -2.46. The number of carbonyl (C=O) groups excluding carboxylic acids is 2. The van der Waals surface area contributed by atoms with Gasteiger partial charge >= 0.3 is 12.0 Å². The van der Waals surface area contributed by atoms with Crippen molar-refractivity contribution in [2.75, 3.05) is 20.2 Å². The number of carbonyl (C=O) groups is 2. The first-order valence-electron chi connectivity index (χ1n) is 5.84. The van der Waals surface area contributed by atoms with E-state index in [1.165, 1.54) is 7.11 Å². The van der Waals surface area contributed by atoms with E-state index >= 15 is 0 Å². The minimum atomic E-state index is -0.151. The van der Waals surface area contributed by atoms with Gasteiger partial charge in [0.05, 0.1) is 13.0 Å². The Labute approximate surface area is 95.1 Å². The maximum atomic E-state index is 11.7. The van der Waals surface area contributed by atoms with Gasteiger partial charge in [0, 0.05) is 19.1 Å². The zero-order valence-corrected chi connectivity index (χ0v) is 9.57. The van der Waals surface area contributed by atoms with Crippen molar-refractivity contribution in [3.05, 3.63) is 0 Å². The Morgan fingerprint density at radius 3 is 2.31 bits per heavy atom. The molecule has 0 radical (unpaired) electrons. The van der Waals surface area contributed by atoms with Crippen LogP contribution in [0.25, 0.3) is 0 Å². The van der Waals surface area contributed by atoms with E-state index < -0.39 is 0 Å². The van der Waals surface area contributed by atoms with Crippen LogP contribution in [-0.4, -0.2) is 43.1 Å². The minimum Gasteiger partial charge on any atom is -0.469 e. The van der Waals surface area contributed by atoms with Gasteiger partial charge in [0.1, 0.15) is 0 Å². The van der Waals surface area contributed by atoms with Crippen LogP contribution in [0.15, 0.2) is 0 Å². The molecular formula is C11H18N2O3. The molecule has 1 aliphatic carbocycles. The fourth-order valence-corrected chi connectivity index (χ4v) is 1.98. The van der Waals surface area contributed by atoms with Crippen LogP contribution in [0.3, 0.4) is 0 Å². The maximum Gasteiger partial charge on any atom is 0.317 e. The molecule has 5 nitrogen and oxygen atoms in total. The van der Waals surface area contributed by atoms with Crippen LogP contribution >= 0.6 is 0 Å². The van der Waals surface area contributed by atoms with Crippen molar-refractivity contribution in [3.63, 3.8) is 0 Å². The molecule has 0 atom stereocenters. The molecule has 0 unspecified atom stereocenters. The summed E-state index contributed by atoms with van der Waals surface area (Å²) in [7, 11) is 1.41. The first kappa shape index (κ1) is 11.2. The summed E-state index contributed by atoms with van der Waals surface area (Å²) < 4.78 is 4.70. The lowest BCUT2D eigenvalue weighted by molar-refractivity contribution is -0.146. The second kappa shape index (κ2) is 4.72. The molecule has 0 aromatic rings. The molecule has 1 saturated heterocycles. The third kappa shape index (κ3) is 2.65. The van der Waals surface area contributed by atoms with Gasteiger partial charge in [0.2, 0.25) is 0 Å². The molecular weight excluding hydrogens is 208 g/mol. The predicted octanol–water partition coefficient (Wildman–Crippen LogP) is 0.743. The Bertz CT molecular complexity index is 281. The number of piperidine rings is 1. The van der Waals surface area contributed by atoms with E-state index in [1.807, 2.05) is 0 Å². The summed E-state index contributed by atoms with van der Waals surface area (Å²) in [5.74, 6) is -0.183. The zero-order chi connectivity index (χ0) is 11.5. The quantitative estimate of drug-likeness (QED) is 0.707. The van der Waals surface area contributed by atoms with Crippen molar-refractivity contribution >= 4 is 12.0 Å². The van der Waals surface area contributed by atoms with Crippen molar-refractivity contribution in [2.45, 2.75) is 31.7 Å². The van der Waals surface area contributed by atoms with Gasteiger partial charge < -0.3 is 15.0 Å². The van der Waals surface area contributed by atoms with Crippen LogP contribution in [0.4, 0.5) is 4.79 Å². The molecule has 0 aromatic carbocycles. The summed E-state index contributed by atoms with van der Waals surface area (Å²) in [5.41, 5.74) is 0. The Hall–Kier alpha value is -1.26. The lowest BCUT2D eigenvalue weighted by atomic mass is 9.97. The first-order chi connectivity index (χ1) is 7.70. The van der Waals surface area contributed by atoms with Crippen molar-refractivity contribution in [3.8, 4) is 0 Å². The monoisotopic (exact) mass is 226 g/mol. The number of ether oxygens (including phenoxy) is 1. The number of nitrogens with zero attached hydrogens (tertiary/aromatic N) is 1. The summed E-state index contributed by atoms with van der Waals surface area (Å²) in [6.07, 6.45) is 3.63. The van der Waals surface area contributed by atoms with E-state index in [9.17, 15) is 9.59 Å². The van der Waals surface area contributed by atoms with Crippen molar-refractivity contribution in [2.24, 2.45) is 5.92 Å². The highest BCUT2D eigenvalue weighted by molar-refractivity contribution is 5.76. The number of amides is 2. The van der Waals surface area contributed by atoms with Crippen LogP contribution < -0.4 is 5.32 Å². The predicted molar refractivity (Wildman–Crippen MR) is 57.9 cm³/mol. The number of nitrogens with one attached hydrogen (secondary N) is 1. The SMILES string of the molecule is COC(=O)C1CCN(C(=O)NC2CC2)CC1. The number of urea groups is 1. The highest BCUT2D eigenvalue weighted by Gasteiger charge is 2.30. The molecule has 90 valence electrons. The van der Waals surface area contributed by atoms with E-state index in [-0.39, 0.29) is 17.9 Å². The topological polar surface area (TPSA) is 58.6 Å². The molecule has 0 bridgehead atoms. The van der Waals surface area contributed by atoms with E-state index in [0.29, 0.717) is 32.0 Å². The molecule has 5 heteroatoms.